The van der Waals surface area contributed by atoms with Crippen LogP contribution in [0.15, 0.2) is 53.3 Å². The van der Waals surface area contributed by atoms with Crippen molar-refractivity contribution in [2.45, 2.75) is 32.4 Å². The number of likely N-dealkylation sites (tertiary alicyclic amines) is 1. The number of nitrogens with zero attached hydrogens (tertiary/aromatic N) is 4. The van der Waals surface area contributed by atoms with Crippen molar-refractivity contribution in [2.75, 3.05) is 6.54 Å². The molecule has 0 radical (unpaired) electrons. The van der Waals surface area contributed by atoms with E-state index in [1.807, 2.05) is 23.9 Å². The van der Waals surface area contributed by atoms with Crippen LogP contribution >= 0.6 is 0 Å². The molecule has 1 atom stereocenters. The van der Waals surface area contributed by atoms with E-state index in [0.29, 0.717) is 6.04 Å². The zero-order valence-electron chi connectivity index (χ0n) is 13.2. The van der Waals surface area contributed by atoms with Crippen molar-refractivity contribution in [2.24, 2.45) is 0 Å². The third-order valence-electron chi connectivity index (χ3n) is 4.43. The molecule has 0 saturated carbocycles. The first-order chi connectivity index (χ1) is 11.3. The zero-order valence-corrected chi connectivity index (χ0v) is 13.2. The maximum atomic E-state index is 5.48. The fraction of sp³-hybridized carbons (Fsp3) is 0.333. The lowest BCUT2D eigenvalue weighted by Gasteiger charge is -2.22. The van der Waals surface area contributed by atoms with Gasteiger partial charge in [-0.15, -0.1) is 0 Å². The third-order valence-corrected chi connectivity index (χ3v) is 4.43. The van der Waals surface area contributed by atoms with Gasteiger partial charge in [0.2, 0.25) is 0 Å². The van der Waals surface area contributed by atoms with Crippen molar-refractivity contribution in [1.82, 2.24) is 19.8 Å². The first-order valence-electron chi connectivity index (χ1n) is 8.06. The minimum atomic E-state index is 0.349. The van der Waals surface area contributed by atoms with Gasteiger partial charge in [0.25, 0.3) is 0 Å². The SMILES string of the molecule is Cc1cc([C@@H]2CCCN2Cc2ccc(-n3cccn3)cc2)on1. The largest absolute Gasteiger partial charge is 0.359 e. The molecule has 4 rings (SSSR count). The molecule has 0 aliphatic carbocycles. The Hall–Kier alpha value is -2.40. The number of aryl methyl sites for hydroxylation is 1. The van der Waals surface area contributed by atoms with Crippen LogP contribution in [0.3, 0.4) is 0 Å². The normalized spacial score (nSPS) is 18.6. The zero-order chi connectivity index (χ0) is 15.6. The minimum absolute atomic E-state index is 0.349. The number of benzene rings is 1. The summed E-state index contributed by atoms with van der Waals surface area (Å²) in [6.45, 7) is 4.01. The molecule has 1 aliphatic rings. The highest BCUT2D eigenvalue weighted by Crippen LogP contribution is 2.33. The summed E-state index contributed by atoms with van der Waals surface area (Å²) >= 11 is 0. The quantitative estimate of drug-likeness (QED) is 0.740. The Morgan fingerprint density at radius 3 is 2.83 bits per heavy atom. The van der Waals surface area contributed by atoms with E-state index in [-0.39, 0.29) is 0 Å². The van der Waals surface area contributed by atoms with Crippen LogP contribution in [0.4, 0.5) is 0 Å². The molecule has 5 nitrogen and oxygen atoms in total. The van der Waals surface area contributed by atoms with E-state index >= 15 is 0 Å². The molecular weight excluding hydrogens is 288 g/mol. The average molecular weight is 308 g/mol. The second-order valence-corrected chi connectivity index (χ2v) is 6.12. The van der Waals surface area contributed by atoms with Gasteiger partial charge in [-0.05, 0) is 50.1 Å². The molecule has 1 saturated heterocycles. The Morgan fingerprint density at radius 1 is 1.26 bits per heavy atom. The smallest absolute Gasteiger partial charge is 0.154 e. The van der Waals surface area contributed by atoms with Gasteiger partial charge >= 0.3 is 0 Å². The van der Waals surface area contributed by atoms with Crippen LogP contribution in [0.2, 0.25) is 0 Å². The Balaban J connectivity index is 1.49. The lowest BCUT2D eigenvalue weighted by Crippen LogP contribution is -2.22. The van der Waals surface area contributed by atoms with Gasteiger partial charge in [-0.3, -0.25) is 4.90 Å². The molecule has 23 heavy (non-hydrogen) atoms. The fourth-order valence-corrected chi connectivity index (χ4v) is 3.29. The standard InChI is InChI=1S/C18H20N4O/c1-14-12-18(23-20-14)17-4-2-10-21(17)13-15-5-7-16(8-6-15)22-11-3-9-19-22/h3,5-9,11-12,17H,2,4,10,13H2,1H3/t17-/m0/s1. The molecule has 3 heterocycles. The van der Waals surface area contributed by atoms with Crippen LogP contribution in [0.5, 0.6) is 0 Å². The van der Waals surface area contributed by atoms with E-state index in [2.05, 4.69) is 45.5 Å². The topological polar surface area (TPSA) is 47.1 Å². The van der Waals surface area contributed by atoms with E-state index in [9.17, 15) is 0 Å². The van der Waals surface area contributed by atoms with E-state index in [4.69, 9.17) is 4.52 Å². The molecule has 2 aromatic heterocycles. The second-order valence-electron chi connectivity index (χ2n) is 6.12. The van der Waals surface area contributed by atoms with E-state index < -0.39 is 0 Å². The van der Waals surface area contributed by atoms with Gasteiger partial charge in [-0.2, -0.15) is 5.10 Å². The van der Waals surface area contributed by atoms with Crippen LogP contribution < -0.4 is 0 Å². The lowest BCUT2D eigenvalue weighted by molar-refractivity contribution is 0.206. The van der Waals surface area contributed by atoms with Crippen molar-refractivity contribution >= 4 is 0 Å². The molecule has 1 fully saturated rings. The first kappa shape index (κ1) is 14.2. The molecular formula is C18H20N4O. The summed E-state index contributed by atoms with van der Waals surface area (Å²) in [7, 11) is 0. The molecule has 0 amide bonds. The van der Waals surface area contributed by atoms with Crippen molar-refractivity contribution in [3.05, 3.63) is 65.8 Å². The van der Waals surface area contributed by atoms with Crippen molar-refractivity contribution in [3.63, 3.8) is 0 Å². The van der Waals surface area contributed by atoms with Crippen LogP contribution in [0.25, 0.3) is 5.69 Å². The van der Waals surface area contributed by atoms with Crippen molar-refractivity contribution < 1.29 is 4.52 Å². The highest BCUT2D eigenvalue weighted by Gasteiger charge is 2.28. The molecule has 5 heteroatoms. The third kappa shape index (κ3) is 2.92. The highest BCUT2D eigenvalue weighted by atomic mass is 16.5. The molecule has 1 aliphatic heterocycles. The van der Waals surface area contributed by atoms with Gasteiger partial charge in [-0.25, -0.2) is 4.68 Å². The molecule has 118 valence electrons. The molecule has 0 spiro atoms. The van der Waals surface area contributed by atoms with Gasteiger partial charge in [0, 0.05) is 25.0 Å². The minimum Gasteiger partial charge on any atom is -0.359 e. The van der Waals surface area contributed by atoms with Gasteiger partial charge in [0.05, 0.1) is 17.4 Å². The summed E-state index contributed by atoms with van der Waals surface area (Å²) in [6, 6.07) is 12.9. The molecule has 0 unspecified atom stereocenters. The maximum absolute atomic E-state index is 5.48. The maximum Gasteiger partial charge on any atom is 0.154 e. The van der Waals surface area contributed by atoms with Crippen LogP contribution in [-0.4, -0.2) is 26.4 Å². The summed E-state index contributed by atoms with van der Waals surface area (Å²) in [4.78, 5) is 2.48. The summed E-state index contributed by atoms with van der Waals surface area (Å²) in [5.41, 5.74) is 3.35. The van der Waals surface area contributed by atoms with Gasteiger partial charge in [0.15, 0.2) is 5.76 Å². The van der Waals surface area contributed by atoms with Crippen molar-refractivity contribution in [3.8, 4) is 5.69 Å². The second kappa shape index (κ2) is 6.01. The summed E-state index contributed by atoms with van der Waals surface area (Å²) in [6.07, 6.45) is 6.09. The molecule has 0 N–H and O–H groups in total. The van der Waals surface area contributed by atoms with Crippen LogP contribution in [-0.2, 0) is 6.54 Å². The van der Waals surface area contributed by atoms with Crippen LogP contribution in [0.1, 0.15) is 35.9 Å². The fourth-order valence-electron chi connectivity index (χ4n) is 3.29. The van der Waals surface area contributed by atoms with E-state index in [1.54, 1.807) is 6.20 Å². The Morgan fingerprint density at radius 2 is 2.13 bits per heavy atom. The van der Waals surface area contributed by atoms with Gasteiger partial charge in [0.1, 0.15) is 0 Å². The van der Waals surface area contributed by atoms with E-state index in [0.717, 1.165) is 36.7 Å². The Bertz CT molecular complexity index is 761. The van der Waals surface area contributed by atoms with Gasteiger partial charge < -0.3 is 4.52 Å². The Kier molecular flexibility index (Phi) is 3.71. The summed E-state index contributed by atoms with van der Waals surface area (Å²) < 4.78 is 7.36. The number of hydrogen-bond acceptors (Lipinski definition) is 4. The molecule has 1 aromatic carbocycles. The predicted octanol–water partition coefficient (Wildman–Crippen LogP) is 3.51. The lowest BCUT2D eigenvalue weighted by atomic mass is 10.1. The molecule has 0 bridgehead atoms. The van der Waals surface area contributed by atoms with E-state index in [1.165, 1.54) is 12.0 Å². The molecule has 3 aromatic rings. The van der Waals surface area contributed by atoms with Crippen LogP contribution in [0, 0.1) is 6.92 Å². The predicted molar refractivity (Wildman–Crippen MR) is 87.2 cm³/mol. The summed E-state index contributed by atoms with van der Waals surface area (Å²) in [5, 5.41) is 8.29. The monoisotopic (exact) mass is 308 g/mol. The Labute approximate surface area is 135 Å². The van der Waals surface area contributed by atoms with Gasteiger partial charge in [-0.1, -0.05) is 17.3 Å². The average Bonchev–Trinajstić information content (AvgIpc) is 3.29. The number of rotatable bonds is 4. The number of hydrogen-bond donors (Lipinski definition) is 0. The first-order valence-corrected chi connectivity index (χ1v) is 8.06. The van der Waals surface area contributed by atoms with Crippen molar-refractivity contribution in [1.29, 1.82) is 0 Å². The number of aromatic nitrogens is 3. The summed E-state index contributed by atoms with van der Waals surface area (Å²) in [5.74, 6) is 0.994. The highest BCUT2D eigenvalue weighted by molar-refractivity contribution is 5.33.